The van der Waals surface area contributed by atoms with Crippen molar-refractivity contribution < 1.29 is 4.42 Å². The van der Waals surface area contributed by atoms with Gasteiger partial charge in [0, 0.05) is 17.8 Å². The number of benzene rings is 1. The molecule has 0 saturated heterocycles. The number of nitrogens with zero attached hydrogens (tertiary/aromatic N) is 3. The van der Waals surface area contributed by atoms with Gasteiger partial charge in [-0.2, -0.15) is 5.10 Å². The zero-order chi connectivity index (χ0) is 13.4. The molecule has 0 amide bonds. The van der Waals surface area contributed by atoms with Crippen molar-refractivity contribution in [2.45, 2.75) is 32.0 Å². The predicted octanol–water partition coefficient (Wildman–Crippen LogP) is 2.13. The van der Waals surface area contributed by atoms with Crippen LogP contribution in [-0.4, -0.2) is 20.8 Å². The number of aryl methyl sites for hydroxylation is 1. The maximum atomic E-state index is 5.82. The highest BCUT2D eigenvalue weighted by Gasteiger charge is 2.19. The van der Waals surface area contributed by atoms with Crippen molar-refractivity contribution in [3.05, 3.63) is 48.2 Å². The van der Waals surface area contributed by atoms with Gasteiger partial charge in [0.15, 0.2) is 0 Å². The van der Waals surface area contributed by atoms with Gasteiger partial charge in [-0.15, -0.1) is 0 Å². The van der Waals surface area contributed by atoms with Crippen molar-refractivity contribution in [2.75, 3.05) is 0 Å². The van der Waals surface area contributed by atoms with Gasteiger partial charge in [0.2, 0.25) is 0 Å². The van der Waals surface area contributed by atoms with Gasteiger partial charge in [-0.1, -0.05) is 18.2 Å². The van der Waals surface area contributed by atoms with Gasteiger partial charge < -0.3 is 9.73 Å². The molecule has 102 valence electrons. The standard InChI is InChI=1S/C15H16N4O/c1-2-4-14-11(3-1)7-13(20-14)8-16-12-5-6-15-17-10-18-19(15)9-12/h1-4,7,10,12,16H,5-6,8-9H2/t12-/m0/s1. The van der Waals surface area contributed by atoms with Crippen molar-refractivity contribution >= 4 is 11.0 Å². The molecule has 0 saturated carbocycles. The molecule has 3 aromatic rings. The molecule has 0 bridgehead atoms. The second-order valence-corrected chi connectivity index (χ2v) is 5.23. The number of fused-ring (bicyclic) bond motifs is 2. The lowest BCUT2D eigenvalue weighted by Crippen LogP contribution is -2.37. The fourth-order valence-corrected chi connectivity index (χ4v) is 2.77. The van der Waals surface area contributed by atoms with Crippen LogP contribution in [0.15, 0.2) is 41.1 Å². The van der Waals surface area contributed by atoms with Crippen molar-refractivity contribution in [1.29, 1.82) is 0 Å². The molecule has 1 atom stereocenters. The number of nitrogens with one attached hydrogen (secondary N) is 1. The van der Waals surface area contributed by atoms with E-state index < -0.39 is 0 Å². The molecule has 1 aromatic carbocycles. The lowest BCUT2D eigenvalue weighted by Gasteiger charge is -2.23. The minimum atomic E-state index is 0.428. The molecule has 0 spiro atoms. The molecule has 5 nitrogen and oxygen atoms in total. The Morgan fingerprint density at radius 3 is 3.25 bits per heavy atom. The monoisotopic (exact) mass is 268 g/mol. The Hall–Kier alpha value is -2.14. The van der Waals surface area contributed by atoms with Gasteiger partial charge in [-0.25, -0.2) is 9.67 Å². The van der Waals surface area contributed by atoms with E-state index in [4.69, 9.17) is 4.42 Å². The molecular weight excluding hydrogens is 252 g/mol. The maximum Gasteiger partial charge on any atom is 0.138 e. The summed E-state index contributed by atoms with van der Waals surface area (Å²) in [5, 5.41) is 8.94. The molecule has 1 aliphatic heterocycles. The Morgan fingerprint density at radius 2 is 2.30 bits per heavy atom. The van der Waals surface area contributed by atoms with Crippen LogP contribution in [-0.2, 0) is 19.5 Å². The molecule has 0 fully saturated rings. The van der Waals surface area contributed by atoms with Crippen LogP contribution in [0.5, 0.6) is 0 Å². The second-order valence-electron chi connectivity index (χ2n) is 5.23. The first kappa shape index (κ1) is 11.7. The fraction of sp³-hybridized carbons (Fsp3) is 0.333. The van der Waals surface area contributed by atoms with Crippen molar-refractivity contribution in [2.24, 2.45) is 0 Å². The lowest BCUT2D eigenvalue weighted by atomic mass is 10.1. The summed E-state index contributed by atoms with van der Waals surface area (Å²) in [5.74, 6) is 2.07. The van der Waals surface area contributed by atoms with E-state index in [1.807, 2.05) is 22.9 Å². The van der Waals surface area contributed by atoms with Crippen molar-refractivity contribution in [1.82, 2.24) is 20.1 Å². The smallest absolute Gasteiger partial charge is 0.138 e. The molecule has 1 aliphatic rings. The average Bonchev–Trinajstić information content (AvgIpc) is 3.10. The van der Waals surface area contributed by atoms with E-state index in [0.29, 0.717) is 6.04 Å². The van der Waals surface area contributed by atoms with E-state index in [1.54, 1.807) is 6.33 Å². The number of hydrogen-bond acceptors (Lipinski definition) is 4. The highest BCUT2D eigenvalue weighted by Crippen LogP contribution is 2.19. The summed E-state index contributed by atoms with van der Waals surface area (Å²) >= 11 is 0. The lowest BCUT2D eigenvalue weighted by molar-refractivity contribution is 0.347. The quantitative estimate of drug-likeness (QED) is 0.790. The third-order valence-corrected chi connectivity index (χ3v) is 3.85. The van der Waals surface area contributed by atoms with Gasteiger partial charge in [0.25, 0.3) is 0 Å². The molecular formula is C15H16N4O. The molecule has 4 rings (SSSR count). The summed E-state index contributed by atoms with van der Waals surface area (Å²) in [4.78, 5) is 4.24. The summed E-state index contributed by atoms with van der Waals surface area (Å²) in [6.07, 6.45) is 3.72. The highest BCUT2D eigenvalue weighted by atomic mass is 16.3. The van der Waals surface area contributed by atoms with Crippen LogP contribution in [0.2, 0.25) is 0 Å². The van der Waals surface area contributed by atoms with Crippen LogP contribution in [0.25, 0.3) is 11.0 Å². The number of para-hydroxylation sites is 1. The minimum Gasteiger partial charge on any atom is -0.460 e. The van der Waals surface area contributed by atoms with Crippen LogP contribution in [0.3, 0.4) is 0 Å². The van der Waals surface area contributed by atoms with Crippen LogP contribution in [0.1, 0.15) is 18.0 Å². The zero-order valence-corrected chi connectivity index (χ0v) is 11.1. The summed E-state index contributed by atoms with van der Waals surface area (Å²) in [7, 11) is 0. The third kappa shape index (κ3) is 2.10. The van der Waals surface area contributed by atoms with E-state index in [0.717, 1.165) is 48.5 Å². The Bertz CT molecular complexity index is 697. The Balaban J connectivity index is 1.43. The molecule has 0 unspecified atom stereocenters. The highest BCUT2D eigenvalue weighted by molar-refractivity contribution is 5.77. The number of hydrogen-bond donors (Lipinski definition) is 1. The topological polar surface area (TPSA) is 55.9 Å². The van der Waals surface area contributed by atoms with Crippen LogP contribution < -0.4 is 5.32 Å². The molecule has 5 heteroatoms. The first-order valence-electron chi connectivity index (χ1n) is 6.96. The van der Waals surface area contributed by atoms with Crippen molar-refractivity contribution in [3.8, 4) is 0 Å². The molecule has 3 heterocycles. The molecule has 2 aromatic heterocycles. The fourth-order valence-electron chi connectivity index (χ4n) is 2.77. The SMILES string of the molecule is c1ccc2oc(CN[C@H]3CCc4ncnn4C3)cc2c1. The molecule has 0 aliphatic carbocycles. The predicted molar refractivity (Wildman–Crippen MR) is 75.2 cm³/mol. The Kier molecular flexibility index (Phi) is 2.77. The van der Waals surface area contributed by atoms with E-state index >= 15 is 0 Å². The minimum absolute atomic E-state index is 0.428. The van der Waals surface area contributed by atoms with Gasteiger partial charge in [-0.05, 0) is 18.6 Å². The first-order valence-corrected chi connectivity index (χ1v) is 6.96. The summed E-state index contributed by atoms with van der Waals surface area (Å²) in [6, 6.07) is 10.6. The van der Waals surface area contributed by atoms with E-state index in [9.17, 15) is 0 Å². The maximum absolute atomic E-state index is 5.82. The van der Waals surface area contributed by atoms with Gasteiger partial charge >= 0.3 is 0 Å². The number of aromatic nitrogens is 3. The van der Waals surface area contributed by atoms with E-state index in [2.05, 4.69) is 27.5 Å². The number of rotatable bonds is 3. The summed E-state index contributed by atoms with van der Waals surface area (Å²) in [6.45, 7) is 1.64. The van der Waals surface area contributed by atoms with Crippen molar-refractivity contribution in [3.63, 3.8) is 0 Å². The van der Waals surface area contributed by atoms with Gasteiger partial charge in [-0.3, -0.25) is 0 Å². The normalized spacial score (nSPS) is 18.3. The zero-order valence-electron chi connectivity index (χ0n) is 11.1. The van der Waals surface area contributed by atoms with E-state index in [-0.39, 0.29) is 0 Å². The Labute approximate surface area is 116 Å². The van der Waals surface area contributed by atoms with E-state index in [1.165, 1.54) is 0 Å². The molecule has 0 radical (unpaired) electrons. The second kappa shape index (κ2) is 4.76. The average molecular weight is 268 g/mol. The Morgan fingerprint density at radius 1 is 1.35 bits per heavy atom. The van der Waals surface area contributed by atoms with Crippen LogP contribution in [0, 0.1) is 0 Å². The third-order valence-electron chi connectivity index (χ3n) is 3.85. The number of furan rings is 1. The summed E-state index contributed by atoms with van der Waals surface area (Å²) in [5.41, 5.74) is 0.950. The van der Waals surface area contributed by atoms with Gasteiger partial charge in [0.1, 0.15) is 23.5 Å². The van der Waals surface area contributed by atoms with Gasteiger partial charge in [0.05, 0.1) is 13.1 Å². The largest absolute Gasteiger partial charge is 0.460 e. The molecule has 1 N–H and O–H groups in total. The first-order chi connectivity index (χ1) is 9.88. The summed E-state index contributed by atoms with van der Waals surface area (Å²) < 4.78 is 7.80. The van der Waals surface area contributed by atoms with Crippen LogP contribution in [0.4, 0.5) is 0 Å². The molecule has 20 heavy (non-hydrogen) atoms. The van der Waals surface area contributed by atoms with Crippen LogP contribution >= 0.6 is 0 Å².